The van der Waals surface area contributed by atoms with Crippen molar-refractivity contribution in [1.82, 2.24) is 24.6 Å². The van der Waals surface area contributed by atoms with Gasteiger partial charge >= 0.3 is 6.01 Å². The predicted molar refractivity (Wildman–Crippen MR) is 125 cm³/mol. The molecule has 0 N–H and O–H groups in total. The van der Waals surface area contributed by atoms with Gasteiger partial charge in [-0.05, 0) is 42.5 Å². The van der Waals surface area contributed by atoms with Crippen molar-refractivity contribution in [2.75, 3.05) is 27.4 Å². The number of carbonyl (C=O) groups excluding carboxylic acids is 2. The largest absolute Gasteiger partial charge is 0.492 e. The number of carbonyl (C=O) groups is 2. The number of methoxy groups -OCH3 is 2. The van der Waals surface area contributed by atoms with Crippen molar-refractivity contribution in [1.29, 1.82) is 0 Å². The fourth-order valence-electron chi connectivity index (χ4n) is 3.76. The van der Waals surface area contributed by atoms with Crippen LogP contribution in [0.25, 0.3) is 17.1 Å². The lowest BCUT2D eigenvalue weighted by Crippen LogP contribution is -2.33. The topological polar surface area (TPSA) is 109 Å². The molecule has 35 heavy (non-hydrogen) atoms. The molecule has 176 valence electrons. The van der Waals surface area contributed by atoms with E-state index in [4.69, 9.17) is 14.2 Å². The van der Waals surface area contributed by atoms with E-state index in [1.165, 1.54) is 12.0 Å². The van der Waals surface area contributed by atoms with Crippen molar-refractivity contribution < 1.29 is 23.8 Å². The van der Waals surface area contributed by atoms with Gasteiger partial charge < -0.3 is 14.2 Å². The van der Waals surface area contributed by atoms with Crippen LogP contribution in [-0.2, 0) is 0 Å². The molecule has 2 aromatic carbocycles. The molecule has 0 aliphatic carbocycles. The molecular weight excluding hydrogens is 450 g/mol. The maximum Gasteiger partial charge on any atom is 0.336 e. The number of imide groups is 1. The Hall–Kier alpha value is -4.73. The highest BCUT2D eigenvalue weighted by atomic mass is 16.5. The summed E-state index contributed by atoms with van der Waals surface area (Å²) in [5, 5.41) is 4.38. The molecule has 10 heteroatoms. The van der Waals surface area contributed by atoms with E-state index in [2.05, 4.69) is 15.1 Å². The second-order valence-corrected chi connectivity index (χ2v) is 7.57. The van der Waals surface area contributed by atoms with E-state index < -0.39 is 0 Å². The zero-order valence-corrected chi connectivity index (χ0v) is 19.0. The number of nitrogens with zero attached hydrogens (tertiary/aromatic N) is 5. The van der Waals surface area contributed by atoms with Gasteiger partial charge in [-0.2, -0.15) is 4.98 Å². The van der Waals surface area contributed by atoms with Crippen LogP contribution in [0.1, 0.15) is 20.7 Å². The highest BCUT2D eigenvalue weighted by Crippen LogP contribution is 2.26. The minimum atomic E-state index is -0.300. The Balaban J connectivity index is 1.28. The number of pyridine rings is 1. The summed E-state index contributed by atoms with van der Waals surface area (Å²) in [6.07, 6.45) is 1.63. The van der Waals surface area contributed by atoms with Gasteiger partial charge in [-0.1, -0.05) is 12.1 Å². The SMILES string of the molecule is COc1ccc(-n2nc(OC)nc2-c2ccc(OCCN3C(=O)c4ccccc4C3=O)cc2)cn1. The van der Waals surface area contributed by atoms with Crippen molar-refractivity contribution in [3.05, 3.63) is 78.0 Å². The minimum Gasteiger partial charge on any atom is -0.492 e. The second-order valence-electron chi connectivity index (χ2n) is 7.57. The molecule has 0 bridgehead atoms. The molecule has 4 aromatic rings. The molecule has 0 saturated carbocycles. The first-order chi connectivity index (χ1) is 17.1. The lowest BCUT2D eigenvalue weighted by molar-refractivity contribution is 0.0631. The number of hydrogen-bond donors (Lipinski definition) is 0. The molecule has 1 aliphatic rings. The van der Waals surface area contributed by atoms with E-state index in [1.807, 2.05) is 18.2 Å². The highest BCUT2D eigenvalue weighted by molar-refractivity contribution is 6.21. The number of rotatable bonds is 8. The number of ether oxygens (including phenoxy) is 3. The van der Waals surface area contributed by atoms with Crippen LogP contribution in [0.15, 0.2) is 66.9 Å². The molecular formula is C25H21N5O5. The third-order valence-electron chi connectivity index (χ3n) is 5.52. The molecule has 1 aliphatic heterocycles. The molecule has 0 fully saturated rings. The summed E-state index contributed by atoms with van der Waals surface area (Å²) in [7, 11) is 3.05. The van der Waals surface area contributed by atoms with E-state index in [0.29, 0.717) is 34.3 Å². The number of benzene rings is 2. The first-order valence-electron chi connectivity index (χ1n) is 10.8. The number of aromatic nitrogens is 4. The average molecular weight is 471 g/mol. The van der Waals surface area contributed by atoms with E-state index in [0.717, 1.165) is 5.56 Å². The zero-order valence-electron chi connectivity index (χ0n) is 19.0. The van der Waals surface area contributed by atoms with E-state index in [1.54, 1.807) is 60.5 Å². The second kappa shape index (κ2) is 9.26. The summed E-state index contributed by atoms with van der Waals surface area (Å²) >= 11 is 0. The fraction of sp³-hybridized carbons (Fsp3) is 0.160. The number of amides is 2. The normalized spacial score (nSPS) is 12.6. The summed E-state index contributed by atoms with van der Waals surface area (Å²) in [5.74, 6) is 1.04. The first-order valence-corrected chi connectivity index (χ1v) is 10.8. The monoisotopic (exact) mass is 471 g/mol. The van der Waals surface area contributed by atoms with Crippen molar-refractivity contribution in [3.63, 3.8) is 0 Å². The summed E-state index contributed by atoms with van der Waals surface area (Å²) < 4.78 is 17.7. The van der Waals surface area contributed by atoms with Gasteiger partial charge in [0, 0.05) is 11.6 Å². The highest BCUT2D eigenvalue weighted by Gasteiger charge is 2.34. The van der Waals surface area contributed by atoms with Gasteiger partial charge in [0.2, 0.25) is 5.88 Å². The molecule has 3 heterocycles. The Labute approximate surface area is 200 Å². The molecule has 10 nitrogen and oxygen atoms in total. The van der Waals surface area contributed by atoms with Crippen LogP contribution in [-0.4, -0.2) is 63.8 Å². The Morgan fingerprint density at radius 1 is 0.857 bits per heavy atom. The lowest BCUT2D eigenvalue weighted by atomic mass is 10.1. The van der Waals surface area contributed by atoms with Crippen molar-refractivity contribution in [2.45, 2.75) is 0 Å². The predicted octanol–water partition coefficient (Wildman–Crippen LogP) is 3.02. The van der Waals surface area contributed by atoms with Crippen LogP contribution in [0.2, 0.25) is 0 Å². The van der Waals surface area contributed by atoms with Crippen molar-refractivity contribution >= 4 is 11.8 Å². The van der Waals surface area contributed by atoms with Crippen molar-refractivity contribution in [2.24, 2.45) is 0 Å². The maximum absolute atomic E-state index is 12.5. The summed E-state index contributed by atoms with van der Waals surface area (Å²) in [6.45, 7) is 0.330. The molecule has 5 rings (SSSR count). The number of hydrogen-bond acceptors (Lipinski definition) is 8. The van der Waals surface area contributed by atoms with Crippen LogP contribution in [0.3, 0.4) is 0 Å². The van der Waals surface area contributed by atoms with Crippen LogP contribution >= 0.6 is 0 Å². The van der Waals surface area contributed by atoms with Gasteiger partial charge in [0.25, 0.3) is 11.8 Å². The van der Waals surface area contributed by atoms with E-state index in [-0.39, 0.29) is 31.0 Å². The molecule has 0 saturated heterocycles. The molecule has 0 spiro atoms. The van der Waals surface area contributed by atoms with E-state index in [9.17, 15) is 9.59 Å². The van der Waals surface area contributed by atoms with Crippen LogP contribution in [0.5, 0.6) is 17.6 Å². The average Bonchev–Trinajstić information content (AvgIpc) is 3.45. The third kappa shape index (κ3) is 4.17. The molecule has 2 aromatic heterocycles. The Kier molecular flexibility index (Phi) is 5.84. The standard InChI is InChI=1S/C25H21N5O5/c1-33-21-12-9-17(15-26-21)30-22(27-25(28-30)34-2)16-7-10-18(11-8-16)35-14-13-29-23(31)19-5-3-4-6-20(19)24(29)32/h3-12,15H,13-14H2,1-2H3. The van der Waals surface area contributed by atoms with Gasteiger partial charge in [-0.15, -0.1) is 5.10 Å². The van der Waals surface area contributed by atoms with Gasteiger partial charge in [0.1, 0.15) is 12.4 Å². The summed E-state index contributed by atoms with van der Waals surface area (Å²) in [4.78, 5) is 34.8. The number of fused-ring (bicyclic) bond motifs is 1. The fourth-order valence-corrected chi connectivity index (χ4v) is 3.76. The molecule has 0 atom stereocenters. The van der Waals surface area contributed by atoms with Gasteiger partial charge in [-0.25, -0.2) is 9.67 Å². The zero-order chi connectivity index (χ0) is 24.4. The Morgan fingerprint density at radius 3 is 2.17 bits per heavy atom. The van der Waals surface area contributed by atoms with E-state index >= 15 is 0 Å². The quantitative estimate of drug-likeness (QED) is 0.361. The maximum atomic E-state index is 12.5. The first kappa shape index (κ1) is 22.1. The Bertz CT molecular complexity index is 1350. The third-order valence-corrected chi connectivity index (χ3v) is 5.52. The van der Waals surface area contributed by atoms with Crippen LogP contribution < -0.4 is 14.2 Å². The summed E-state index contributed by atoms with van der Waals surface area (Å²) in [6, 6.07) is 17.8. The summed E-state index contributed by atoms with van der Waals surface area (Å²) in [5.41, 5.74) is 2.32. The molecule has 2 amide bonds. The van der Waals surface area contributed by atoms with Gasteiger partial charge in [0.15, 0.2) is 5.82 Å². The van der Waals surface area contributed by atoms with Crippen LogP contribution in [0, 0.1) is 0 Å². The Morgan fingerprint density at radius 2 is 1.57 bits per heavy atom. The van der Waals surface area contributed by atoms with Gasteiger partial charge in [0.05, 0.1) is 43.8 Å². The van der Waals surface area contributed by atoms with Crippen LogP contribution in [0.4, 0.5) is 0 Å². The van der Waals surface area contributed by atoms with Crippen molar-refractivity contribution in [3.8, 4) is 34.7 Å². The smallest absolute Gasteiger partial charge is 0.336 e. The molecule has 0 radical (unpaired) electrons. The minimum absolute atomic E-state index is 0.157. The molecule has 0 unspecified atom stereocenters. The lowest BCUT2D eigenvalue weighted by Gasteiger charge is -2.14. The van der Waals surface area contributed by atoms with Gasteiger partial charge in [-0.3, -0.25) is 14.5 Å².